The van der Waals surface area contributed by atoms with Gasteiger partial charge in [-0.25, -0.2) is 9.97 Å². The number of anilines is 1. The fourth-order valence-electron chi connectivity index (χ4n) is 3.05. The molecule has 30 heavy (non-hydrogen) atoms. The Morgan fingerprint density at radius 2 is 1.77 bits per heavy atom. The van der Waals surface area contributed by atoms with Gasteiger partial charge in [0, 0.05) is 51.4 Å². The maximum absolute atomic E-state index is 5.81. The molecular weight excluding hydrogens is 493 g/mol. The van der Waals surface area contributed by atoms with Gasteiger partial charge in [-0.3, -0.25) is 4.99 Å². The van der Waals surface area contributed by atoms with Crippen molar-refractivity contribution >= 4 is 35.8 Å². The SMILES string of the molecule is CN=C(NCc1ccc(N2CCN(C)CC2)nc1)NCc1ncc(C(C)(C)C)o1.I. The van der Waals surface area contributed by atoms with E-state index in [9.17, 15) is 0 Å². The Balaban J connectivity index is 0.00000320. The molecule has 9 heteroatoms. The molecule has 0 spiro atoms. The molecule has 0 bridgehead atoms. The predicted octanol–water partition coefficient (Wildman–Crippen LogP) is 2.60. The van der Waals surface area contributed by atoms with Gasteiger partial charge in [0.05, 0.1) is 12.7 Å². The first-order chi connectivity index (χ1) is 13.8. The first-order valence-corrected chi connectivity index (χ1v) is 10.1. The average Bonchev–Trinajstić information content (AvgIpc) is 3.19. The van der Waals surface area contributed by atoms with Gasteiger partial charge in [-0.1, -0.05) is 26.8 Å². The Morgan fingerprint density at radius 3 is 2.33 bits per heavy atom. The number of rotatable bonds is 5. The van der Waals surface area contributed by atoms with Crippen LogP contribution in [0.3, 0.4) is 0 Å². The van der Waals surface area contributed by atoms with Crippen LogP contribution in [0.15, 0.2) is 33.9 Å². The van der Waals surface area contributed by atoms with E-state index in [-0.39, 0.29) is 29.4 Å². The van der Waals surface area contributed by atoms with Gasteiger partial charge in [-0.15, -0.1) is 24.0 Å². The molecule has 166 valence electrons. The summed E-state index contributed by atoms with van der Waals surface area (Å²) >= 11 is 0. The van der Waals surface area contributed by atoms with Crippen LogP contribution in [0.5, 0.6) is 0 Å². The van der Waals surface area contributed by atoms with E-state index in [0.29, 0.717) is 24.9 Å². The van der Waals surface area contributed by atoms with Crippen molar-refractivity contribution < 1.29 is 4.42 Å². The number of nitrogens with one attached hydrogen (secondary N) is 2. The van der Waals surface area contributed by atoms with E-state index >= 15 is 0 Å². The van der Waals surface area contributed by atoms with Gasteiger partial charge in [0.25, 0.3) is 0 Å². The third kappa shape index (κ3) is 6.83. The number of hydrogen-bond acceptors (Lipinski definition) is 6. The lowest BCUT2D eigenvalue weighted by molar-refractivity contribution is 0.312. The summed E-state index contributed by atoms with van der Waals surface area (Å²) < 4.78 is 5.81. The standard InChI is InChI=1S/C21H33N7O.HI/c1-21(2,3)17-14-24-19(29-17)15-26-20(22-4)25-13-16-6-7-18(23-12-16)28-10-8-27(5)9-11-28;/h6-7,12,14H,8-11,13,15H2,1-5H3,(H2,22,25,26);1H. The largest absolute Gasteiger partial charge is 0.443 e. The molecule has 0 unspecified atom stereocenters. The van der Waals surface area contributed by atoms with Crippen LogP contribution in [-0.2, 0) is 18.5 Å². The third-order valence-corrected chi connectivity index (χ3v) is 5.02. The highest BCUT2D eigenvalue weighted by Crippen LogP contribution is 2.22. The Bertz CT molecular complexity index is 806. The minimum Gasteiger partial charge on any atom is -0.443 e. The van der Waals surface area contributed by atoms with Gasteiger partial charge in [0.15, 0.2) is 5.96 Å². The summed E-state index contributed by atoms with van der Waals surface area (Å²) in [6, 6.07) is 4.21. The highest BCUT2D eigenvalue weighted by molar-refractivity contribution is 14.0. The molecule has 0 radical (unpaired) electrons. The molecule has 0 aromatic carbocycles. The van der Waals surface area contributed by atoms with Crippen LogP contribution in [-0.4, -0.2) is 61.1 Å². The zero-order chi connectivity index (χ0) is 20.9. The van der Waals surface area contributed by atoms with E-state index < -0.39 is 0 Å². The average molecular weight is 527 g/mol. The van der Waals surface area contributed by atoms with Crippen molar-refractivity contribution in [2.45, 2.75) is 39.3 Å². The summed E-state index contributed by atoms with van der Waals surface area (Å²) in [6.45, 7) is 11.6. The summed E-state index contributed by atoms with van der Waals surface area (Å²) in [5.41, 5.74) is 1.06. The number of halogens is 1. The molecule has 0 aliphatic carbocycles. The third-order valence-electron chi connectivity index (χ3n) is 5.02. The molecule has 0 atom stereocenters. The van der Waals surface area contributed by atoms with Crippen LogP contribution in [0.1, 0.15) is 38.0 Å². The van der Waals surface area contributed by atoms with Gasteiger partial charge in [0.1, 0.15) is 11.6 Å². The summed E-state index contributed by atoms with van der Waals surface area (Å²) in [5.74, 6) is 3.27. The topological polar surface area (TPSA) is 81.8 Å². The molecule has 0 amide bonds. The number of aliphatic imine (C=N–C) groups is 1. The Morgan fingerprint density at radius 1 is 1.07 bits per heavy atom. The number of oxazole rings is 1. The van der Waals surface area contributed by atoms with Crippen molar-refractivity contribution in [2.24, 2.45) is 4.99 Å². The number of hydrogen-bond donors (Lipinski definition) is 2. The van der Waals surface area contributed by atoms with Gasteiger partial charge in [-0.2, -0.15) is 0 Å². The van der Waals surface area contributed by atoms with E-state index in [1.54, 1.807) is 13.2 Å². The number of guanidine groups is 1. The lowest BCUT2D eigenvalue weighted by Crippen LogP contribution is -2.44. The molecule has 1 fully saturated rings. The van der Waals surface area contributed by atoms with Crippen molar-refractivity contribution in [3.05, 3.63) is 41.7 Å². The summed E-state index contributed by atoms with van der Waals surface area (Å²) in [7, 11) is 3.91. The molecule has 1 aliphatic rings. The minimum absolute atomic E-state index is 0. The quantitative estimate of drug-likeness (QED) is 0.352. The van der Waals surface area contributed by atoms with Crippen LogP contribution in [0.2, 0.25) is 0 Å². The second-order valence-electron chi connectivity index (χ2n) is 8.46. The van der Waals surface area contributed by atoms with Gasteiger partial charge in [-0.05, 0) is 18.7 Å². The molecule has 8 nitrogen and oxygen atoms in total. The summed E-state index contributed by atoms with van der Waals surface area (Å²) in [4.78, 5) is 17.9. The van der Waals surface area contributed by atoms with Crippen molar-refractivity contribution in [1.29, 1.82) is 0 Å². The van der Waals surface area contributed by atoms with Crippen molar-refractivity contribution in [3.63, 3.8) is 0 Å². The monoisotopic (exact) mass is 527 g/mol. The van der Waals surface area contributed by atoms with Crippen LogP contribution < -0.4 is 15.5 Å². The Kier molecular flexibility index (Phi) is 8.90. The first-order valence-electron chi connectivity index (χ1n) is 10.1. The maximum Gasteiger partial charge on any atom is 0.213 e. The normalized spacial score (nSPS) is 15.6. The zero-order valence-electron chi connectivity index (χ0n) is 18.6. The molecule has 3 heterocycles. The molecule has 1 aliphatic heterocycles. The smallest absolute Gasteiger partial charge is 0.213 e. The van der Waals surface area contributed by atoms with Crippen molar-refractivity contribution in [3.8, 4) is 0 Å². The summed E-state index contributed by atoms with van der Waals surface area (Å²) in [6.07, 6.45) is 3.72. The van der Waals surface area contributed by atoms with Crippen LogP contribution in [0.4, 0.5) is 5.82 Å². The van der Waals surface area contributed by atoms with E-state index in [1.165, 1.54) is 0 Å². The summed E-state index contributed by atoms with van der Waals surface area (Å²) in [5, 5.41) is 6.54. The van der Waals surface area contributed by atoms with Crippen molar-refractivity contribution in [1.82, 2.24) is 25.5 Å². The molecule has 2 aromatic rings. The molecular formula is C21H34IN7O. The lowest BCUT2D eigenvalue weighted by Gasteiger charge is -2.33. The highest BCUT2D eigenvalue weighted by atomic mass is 127. The number of aromatic nitrogens is 2. The first kappa shape index (κ1) is 24.4. The Labute approximate surface area is 196 Å². The molecule has 0 saturated carbocycles. The zero-order valence-corrected chi connectivity index (χ0v) is 20.9. The van der Waals surface area contributed by atoms with E-state index in [1.807, 2.05) is 6.20 Å². The molecule has 2 N–H and O–H groups in total. The maximum atomic E-state index is 5.81. The number of pyridine rings is 1. The van der Waals surface area contributed by atoms with Gasteiger partial charge >= 0.3 is 0 Å². The van der Waals surface area contributed by atoms with Crippen LogP contribution in [0.25, 0.3) is 0 Å². The highest BCUT2D eigenvalue weighted by Gasteiger charge is 2.19. The predicted molar refractivity (Wildman–Crippen MR) is 132 cm³/mol. The minimum atomic E-state index is -0.0472. The molecule has 3 rings (SSSR count). The van der Waals surface area contributed by atoms with E-state index in [0.717, 1.165) is 43.3 Å². The fourth-order valence-corrected chi connectivity index (χ4v) is 3.05. The molecule has 1 saturated heterocycles. The second-order valence-corrected chi connectivity index (χ2v) is 8.46. The van der Waals surface area contributed by atoms with Crippen LogP contribution >= 0.6 is 24.0 Å². The number of likely N-dealkylation sites (N-methyl/N-ethyl adjacent to an activating group) is 1. The van der Waals surface area contributed by atoms with Gasteiger partial charge in [0.2, 0.25) is 5.89 Å². The van der Waals surface area contributed by atoms with E-state index in [2.05, 4.69) is 75.3 Å². The number of nitrogens with zero attached hydrogens (tertiary/aromatic N) is 5. The second kappa shape index (κ2) is 10.9. The van der Waals surface area contributed by atoms with E-state index in [4.69, 9.17) is 4.42 Å². The van der Waals surface area contributed by atoms with Crippen LogP contribution in [0, 0.1) is 0 Å². The number of piperazine rings is 1. The lowest BCUT2D eigenvalue weighted by atomic mass is 9.94. The van der Waals surface area contributed by atoms with Crippen molar-refractivity contribution in [2.75, 3.05) is 45.2 Å². The fraction of sp³-hybridized carbons (Fsp3) is 0.571. The molecule has 2 aromatic heterocycles. The van der Waals surface area contributed by atoms with Gasteiger partial charge < -0.3 is 24.9 Å². The Hall–Kier alpha value is -1.88.